The molecule has 0 radical (unpaired) electrons. The molecule has 1 aliphatic rings. The number of hydrogen-bond acceptors (Lipinski definition) is 6. The highest BCUT2D eigenvalue weighted by molar-refractivity contribution is 7.90. The molecule has 0 saturated heterocycles. The minimum absolute atomic E-state index is 0.0714. The van der Waals surface area contributed by atoms with Crippen molar-refractivity contribution in [3.05, 3.63) is 41.7 Å². The third-order valence-electron chi connectivity index (χ3n) is 5.67. The van der Waals surface area contributed by atoms with Gasteiger partial charge in [-0.05, 0) is 57.9 Å². The van der Waals surface area contributed by atoms with Gasteiger partial charge < -0.3 is 9.84 Å². The normalized spacial score (nSPS) is 21.7. The Kier molecular flexibility index (Phi) is 6.63. The maximum absolute atomic E-state index is 12.2. The van der Waals surface area contributed by atoms with Gasteiger partial charge in [-0.25, -0.2) is 13.1 Å². The van der Waals surface area contributed by atoms with Gasteiger partial charge in [0.1, 0.15) is 0 Å². The van der Waals surface area contributed by atoms with Crippen LogP contribution in [-0.2, 0) is 10.0 Å². The summed E-state index contributed by atoms with van der Waals surface area (Å²) in [6, 6.07) is 10.8. The lowest BCUT2D eigenvalue weighted by molar-refractivity contribution is 0.329. The van der Waals surface area contributed by atoms with Crippen LogP contribution in [-0.4, -0.2) is 35.9 Å². The Labute approximate surface area is 173 Å². The van der Waals surface area contributed by atoms with Crippen LogP contribution in [0.2, 0.25) is 0 Å². The van der Waals surface area contributed by atoms with Crippen LogP contribution in [0.15, 0.2) is 34.9 Å². The van der Waals surface area contributed by atoms with E-state index in [0.717, 1.165) is 31.2 Å². The van der Waals surface area contributed by atoms with Crippen LogP contribution in [0.5, 0.6) is 0 Å². The average molecular weight is 421 g/mol. The van der Waals surface area contributed by atoms with E-state index in [1.54, 1.807) is 20.8 Å². The lowest BCUT2D eigenvalue weighted by Gasteiger charge is -2.29. The number of aromatic nitrogens is 2. The molecule has 1 unspecified atom stereocenters. The molecule has 0 aliphatic heterocycles. The predicted molar refractivity (Wildman–Crippen MR) is 114 cm³/mol. The van der Waals surface area contributed by atoms with Gasteiger partial charge in [-0.1, -0.05) is 42.4 Å². The molecule has 1 fully saturated rings. The van der Waals surface area contributed by atoms with E-state index in [2.05, 4.69) is 39.2 Å². The molecule has 8 heteroatoms. The third kappa shape index (κ3) is 5.57. The fourth-order valence-electron chi connectivity index (χ4n) is 3.49. The Balaban J connectivity index is 1.47. The van der Waals surface area contributed by atoms with Crippen LogP contribution in [0.1, 0.15) is 70.7 Å². The highest BCUT2D eigenvalue weighted by Crippen LogP contribution is 2.28. The van der Waals surface area contributed by atoms with Crippen molar-refractivity contribution >= 4 is 16.0 Å². The standard InChI is InChI=1S/C21H32N4O3S/c1-15(17-8-6-5-7-9-17)19-24-20(28-25-19)23-18-12-10-16(11-13-18)14-22-29(26,27)21(2,3)4/h5-9,15-16,18,22H,10-14H2,1-4H3,(H,23,24,25). The Morgan fingerprint density at radius 1 is 1.14 bits per heavy atom. The summed E-state index contributed by atoms with van der Waals surface area (Å²) in [5.74, 6) is 1.10. The molecule has 1 aromatic heterocycles. The molecule has 2 N–H and O–H groups in total. The monoisotopic (exact) mass is 420 g/mol. The number of sulfonamides is 1. The van der Waals surface area contributed by atoms with Gasteiger partial charge in [-0.15, -0.1) is 0 Å². The molecule has 1 atom stereocenters. The zero-order valence-electron chi connectivity index (χ0n) is 17.7. The fourth-order valence-corrected chi connectivity index (χ4v) is 4.38. The van der Waals surface area contributed by atoms with Gasteiger partial charge in [-0.3, -0.25) is 0 Å². The van der Waals surface area contributed by atoms with E-state index in [0.29, 0.717) is 24.3 Å². The number of nitrogens with zero attached hydrogens (tertiary/aromatic N) is 2. The maximum atomic E-state index is 12.2. The largest absolute Gasteiger partial charge is 0.335 e. The molecule has 3 rings (SSSR count). The highest BCUT2D eigenvalue weighted by Gasteiger charge is 2.30. The van der Waals surface area contributed by atoms with E-state index >= 15 is 0 Å². The molecule has 1 aromatic carbocycles. The summed E-state index contributed by atoms with van der Waals surface area (Å²) in [6.45, 7) is 7.72. The van der Waals surface area contributed by atoms with Crippen molar-refractivity contribution in [3.63, 3.8) is 0 Å². The molecular weight excluding hydrogens is 388 g/mol. The van der Waals surface area contributed by atoms with Gasteiger partial charge in [0.05, 0.1) is 4.75 Å². The van der Waals surface area contributed by atoms with Gasteiger partial charge in [0.25, 0.3) is 0 Å². The minimum Gasteiger partial charge on any atom is -0.335 e. The second-order valence-electron chi connectivity index (χ2n) is 8.92. The van der Waals surface area contributed by atoms with E-state index in [-0.39, 0.29) is 12.0 Å². The first-order chi connectivity index (χ1) is 13.7. The van der Waals surface area contributed by atoms with Crippen molar-refractivity contribution in [3.8, 4) is 0 Å². The molecule has 0 spiro atoms. The molecule has 7 nitrogen and oxygen atoms in total. The molecule has 0 amide bonds. The van der Waals surface area contributed by atoms with Crippen molar-refractivity contribution < 1.29 is 12.9 Å². The highest BCUT2D eigenvalue weighted by atomic mass is 32.2. The molecule has 160 valence electrons. The van der Waals surface area contributed by atoms with Gasteiger partial charge >= 0.3 is 6.01 Å². The summed E-state index contributed by atoms with van der Waals surface area (Å²) in [7, 11) is -3.29. The predicted octanol–water partition coefficient (Wildman–Crippen LogP) is 3.91. The van der Waals surface area contributed by atoms with E-state index in [1.165, 1.54) is 0 Å². The Morgan fingerprint density at radius 2 is 1.79 bits per heavy atom. The summed E-state index contributed by atoms with van der Waals surface area (Å²) < 4.78 is 31.8. The van der Waals surface area contributed by atoms with Crippen LogP contribution in [0.25, 0.3) is 0 Å². The van der Waals surface area contributed by atoms with Crippen molar-refractivity contribution in [1.29, 1.82) is 0 Å². The lowest BCUT2D eigenvalue weighted by atomic mass is 9.86. The van der Waals surface area contributed by atoms with Crippen molar-refractivity contribution in [2.75, 3.05) is 11.9 Å². The van der Waals surface area contributed by atoms with Crippen LogP contribution in [0.3, 0.4) is 0 Å². The maximum Gasteiger partial charge on any atom is 0.321 e. The SMILES string of the molecule is CC(c1ccccc1)c1noc(NC2CCC(CNS(=O)(=O)C(C)(C)C)CC2)n1. The van der Waals surface area contributed by atoms with Crippen molar-refractivity contribution in [1.82, 2.24) is 14.9 Å². The second-order valence-corrected chi connectivity index (χ2v) is 11.4. The zero-order chi connectivity index (χ0) is 21.1. The van der Waals surface area contributed by atoms with Gasteiger partial charge in [0.15, 0.2) is 5.82 Å². The fraction of sp³-hybridized carbons (Fsp3) is 0.619. The first-order valence-electron chi connectivity index (χ1n) is 10.3. The summed E-state index contributed by atoms with van der Waals surface area (Å²) in [4.78, 5) is 4.51. The van der Waals surface area contributed by atoms with Crippen molar-refractivity contribution in [2.45, 2.75) is 70.1 Å². The summed E-state index contributed by atoms with van der Waals surface area (Å²) in [5, 5.41) is 7.47. The molecule has 1 heterocycles. The van der Waals surface area contributed by atoms with Crippen LogP contribution in [0.4, 0.5) is 6.01 Å². The molecule has 1 saturated carbocycles. The topological polar surface area (TPSA) is 97.1 Å². The lowest BCUT2D eigenvalue weighted by Crippen LogP contribution is -2.42. The summed E-state index contributed by atoms with van der Waals surface area (Å²) in [5.41, 5.74) is 1.15. The first kappa shape index (κ1) is 21.8. The number of nitrogens with one attached hydrogen (secondary N) is 2. The third-order valence-corrected chi connectivity index (χ3v) is 7.83. The molecule has 2 aromatic rings. The minimum atomic E-state index is -3.29. The molecule has 0 bridgehead atoms. The summed E-state index contributed by atoms with van der Waals surface area (Å²) >= 11 is 0. The van der Waals surface area contributed by atoms with E-state index in [9.17, 15) is 8.42 Å². The second kappa shape index (κ2) is 8.83. The smallest absolute Gasteiger partial charge is 0.321 e. The zero-order valence-corrected chi connectivity index (χ0v) is 18.5. The quantitative estimate of drug-likeness (QED) is 0.705. The number of rotatable bonds is 7. The van der Waals surface area contributed by atoms with Crippen LogP contribution in [0, 0.1) is 5.92 Å². The van der Waals surface area contributed by atoms with Gasteiger partial charge in [0, 0.05) is 18.5 Å². The number of hydrogen-bond donors (Lipinski definition) is 2. The van der Waals surface area contributed by atoms with Gasteiger partial charge in [-0.2, -0.15) is 4.98 Å². The van der Waals surface area contributed by atoms with E-state index in [1.807, 2.05) is 18.2 Å². The average Bonchev–Trinajstić information content (AvgIpc) is 3.15. The van der Waals surface area contributed by atoms with Crippen molar-refractivity contribution in [2.24, 2.45) is 5.92 Å². The molecule has 29 heavy (non-hydrogen) atoms. The molecular formula is C21H32N4O3S. The number of anilines is 1. The Morgan fingerprint density at radius 3 is 2.41 bits per heavy atom. The van der Waals surface area contributed by atoms with E-state index < -0.39 is 14.8 Å². The Bertz CT molecular complexity index is 882. The van der Waals surface area contributed by atoms with Crippen LogP contribution >= 0.6 is 0 Å². The van der Waals surface area contributed by atoms with Crippen LogP contribution < -0.4 is 10.0 Å². The number of benzene rings is 1. The molecule has 1 aliphatic carbocycles. The Hall–Kier alpha value is -1.93. The summed E-state index contributed by atoms with van der Waals surface area (Å²) in [6.07, 6.45) is 3.83. The van der Waals surface area contributed by atoms with Gasteiger partial charge in [0.2, 0.25) is 10.0 Å². The first-order valence-corrected chi connectivity index (χ1v) is 11.8. The van der Waals surface area contributed by atoms with E-state index in [4.69, 9.17) is 4.52 Å².